The second-order valence-corrected chi connectivity index (χ2v) is 9.06. The van der Waals surface area contributed by atoms with Gasteiger partial charge in [-0.3, -0.25) is 4.90 Å². The first kappa shape index (κ1) is 21.3. The number of pyridine rings is 1. The summed E-state index contributed by atoms with van der Waals surface area (Å²) in [5.41, 5.74) is 11.7. The molecule has 3 aromatic heterocycles. The van der Waals surface area contributed by atoms with Gasteiger partial charge in [-0.25, -0.2) is 15.0 Å². The van der Waals surface area contributed by atoms with Gasteiger partial charge in [0.05, 0.1) is 11.8 Å². The number of anilines is 1. The summed E-state index contributed by atoms with van der Waals surface area (Å²) in [6.07, 6.45) is 11.2. The van der Waals surface area contributed by atoms with Crippen LogP contribution in [0.5, 0.6) is 0 Å². The van der Waals surface area contributed by atoms with Crippen LogP contribution < -0.4 is 10.6 Å². The molecule has 0 bridgehead atoms. The molecular formula is C24H33N7O. The van der Waals surface area contributed by atoms with Crippen LogP contribution in [0.3, 0.4) is 0 Å². The maximum Gasteiger partial charge on any atom is 0.225 e. The predicted octanol–water partition coefficient (Wildman–Crippen LogP) is 2.29. The molecule has 5 heterocycles. The predicted molar refractivity (Wildman–Crippen MR) is 126 cm³/mol. The molecule has 2 atom stereocenters. The standard InChI is InChI=1S/C24H33N7O/c1-4-21-19(17-11-16(2)23-26-7-10-30(23)13-17)12-27-24(28-21)29-8-5-18(6-9-29)31-14-20(25)22(15-31)32-3/h7,10-13,18,20,22H,4-6,8-9,14-15,25H2,1-3H3/t20-,22-/m1/s1. The normalized spacial score (nSPS) is 22.8. The van der Waals surface area contributed by atoms with Crippen molar-refractivity contribution in [1.82, 2.24) is 24.3 Å². The number of ether oxygens (including phenoxy) is 1. The zero-order valence-corrected chi connectivity index (χ0v) is 19.2. The minimum Gasteiger partial charge on any atom is -0.378 e. The van der Waals surface area contributed by atoms with E-state index in [1.807, 2.05) is 18.6 Å². The van der Waals surface area contributed by atoms with Crippen molar-refractivity contribution in [2.24, 2.45) is 5.73 Å². The Balaban J connectivity index is 1.31. The Hall–Kier alpha value is -2.55. The summed E-state index contributed by atoms with van der Waals surface area (Å²) < 4.78 is 7.60. The van der Waals surface area contributed by atoms with Gasteiger partial charge in [-0.1, -0.05) is 6.92 Å². The van der Waals surface area contributed by atoms with Gasteiger partial charge in [-0.2, -0.15) is 0 Å². The number of likely N-dealkylation sites (tertiary alicyclic amines) is 1. The molecule has 0 radical (unpaired) electrons. The number of nitrogens with zero attached hydrogens (tertiary/aromatic N) is 6. The zero-order valence-electron chi connectivity index (χ0n) is 19.2. The average molecular weight is 436 g/mol. The van der Waals surface area contributed by atoms with Gasteiger partial charge in [0.1, 0.15) is 5.65 Å². The summed E-state index contributed by atoms with van der Waals surface area (Å²) in [5.74, 6) is 0.845. The molecule has 8 heteroatoms. The Morgan fingerprint density at radius 3 is 2.72 bits per heavy atom. The minimum absolute atomic E-state index is 0.117. The van der Waals surface area contributed by atoms with E-state index in [-0.39, 0.29) is 12.1 Å². The van der Waals surface area contributed by atoms with Gasteiger partial charge in [-0.05, 0) is 37.8 Å². The van der Waals surface area contributed by atoms with E-state index in [1.165, 1.54) is 0 Å². The Bertz CT molecular complexity index is 1090. The van der Waals surface area contributed by atoms with Gasteiger partial charge >= 0.3 is 0 Å². The van der Waals surface area contributed by atoms with Crippen molar-refractivity contribution < 1.29 is 4.74 Å². The highest BCUT2D eigenvalue weighted by Crippen LogP contribution is 2.28. The van der Waals surface area contributed by atoms with Crippen molar-refractivity contribution in [3.63, 3.8) is 0 Å². The molecule has 0 saturated carbocycles. The molecule has 0 aliphatic carbocycles. The zero-order chi connectivity index (χ0) is 22.2. The molecule has 2 fully saturated rings. The molecule has 5 rings (SSSR count). The second kappa shape index (κ2) is 8.77. The molecule has 2 aliphatic heterocycles. The minimum atomic E-state index is 0.117. The summed E-state index contributed by atoms with van der Waals surface area (Å²) in [6.45, 7) is 8.06. The molecule has 2 N–H and O–H groups in total. The van der Waals surface area contributed by atoms with Crippen molar-refractivity contribution in [2.45, 2.75) is 51.3 Å². The Morgan fingerprint density at radius 2 is 2.00 bits per heavy atom. The van der Waals surface area contributed by atoms with Gasteiger partial charge in [0, 0.05) is 81.3 Å². The molecule has 0 spiro atoms. The fraction of sp³-hybridized carbons (Fsp3) is 0.542. The van der Waals surface area contributed by atoms with E-state index in [0.29, 0.717) is 6.04 Å². The third-order valence-electron chi connectivity index (χ3n) is 7.08. The molecule has 3 aromatic rings. The molecule has 0 amide bonds. The molecule has 32 heavy (non-hydrogen) atoms. The maximum atomic E-state index is 6.23. The van der Waals surface area contributed by atoms with Crippen LogP contribution in [-0.2, 0) is 11.2 Å². The number of aryl methyl sites for hydroxylation is 2. The highest BCUT2D eigenvalue weighted by molar-refractivity contribution is 5.68. The van der Waals surface area contributed by atoms with Gasteiger partial charge in [0.15, 0.2) is 0 Å². The third-order valence-corrected chi connectivity index (χ3v) is 7.08. The first-order valence-corrected chi connectivity index (χ1v) is 11.6. The van der Waals surface area contributed by atoms with Gasteiger partial charge in [0.25, 0.3) is 0 Å². The number of hydrogen-bond acceptors (Lipinski definition) is 7. The summed E-state index contributed by atoms with van der Waals surface area (Å²) in [4.78, 5) is 19.0. The van der Waals surface area contributed by atoms with Crippen molar-refractivity contribution in [2.75, 3.05) is 38.2 Å². The van der Waals surface area contributed by atoms with Crippen LogP contribution in [0.1, 0.15) is 31.0 Å². The SMILES string of the molecule is CCc1nc(N2CCC(N3C[C@@H](N)[C@H](OC)C3)CC2)ncc1-c1cc(C)c2nccn2c1. The number of hydrogen-bond donors (Lipinski definition) is 1. The smallest absolute Gasteiger partial charge is 0.225 e. The fourth-order valence-corrected chi connectivity index (χ4v) is 5.23. The van der Waals surface area contributed by atoms with Crippen LogP contribution in [0.4, 0.5) is 5.95 Å². The highest BCUT2D eigenvalue weighted by atomic mass is 16.5. The van der Waals surface area contributed by atoms with Gasteiger partial charge in [0.2, 0.25) is 5.95 Å². The lowest BCUT2D eigenvalue weighted by atomic mass is 10.0. The number of fused-ring (bicyclic) bond motifs is 1. The van der Waals surface area contributed by atoms with E-state index in [9.17, 15) is 0 Å². The number of methoxy groups -OCH3 is 1. The molecule has 0 aromatic carbocycles. The highest BCUT2D eigenvalue weighted by Gasteiger charge is 2.35. The average Bonchev–Trinajstić information content (AvgIpc) is 3.45. The largest absolute Gasteiger partial charge is 0.378 e. The number of imidazole rings is 1. The number of aromatic nitrogens is 4. The van der Waals surface area contributed by atoms with Crippen LogP contribution in [-0.4, -0.2) is 75.7 Å². The van der Waals surface area contributed by atoms with E-state index >= 15 is 0 Å². The van der Waals surface area contributed by atoms with Gasteiger partial charge < -0.3 is 19.8 Å². The summed E-state index contributed by atoms with van der Waals surface area (Å²) in [6, 6.07) is 2.86. The first-order valence-electron chi connectivity index (χ1n) is 11.6. The van der Waals surface area contributed by atoms with Crippen LogP contribution in [0.2, 0.25) is 0 Å². The van der Waals surface area contributed by atoms with E-state index < -0.39 is 0 Å². The fourth-order valence-electron chi connectivity index (χ4n) is 5.23. The van der Waals surface area contributed by atoms with E-state index in [1.54, 1.807) is 7.11 Å². The molecule has 0 unspecified atom stereocenters. The monoisotopic (exact) mass is 435 g/mol. The summed E-state index contributed by atoms with van der Waals surface area (Å²) >= 11 is 0. The molecule has 2 saturated heterocycles. The summed E-state index contributed by atoms with van der Waals surface area (Å²) in [5, 5.41) is 0. The lowest BCUT2D eigenvalue weighted by Gasteiger charge is -2.36. The van der Waals surface area contributed by atoms with Crippen LogP contribution in [0, 0.1) is 6.92 Å². The quantitative estimate of drug-likeness (QED) is 0.658. The number of nitrogens with two attached hydrogens (primary N) is 1. The number of rotatable bonds is 5. The second-order valence-electron chi connectivity index (χ2n) is 9.06. The van der Waals surface area contributed by atoms with Crippen LogP contribution >= 0.6 is 0 Å². The topological polar surface area (TPSA) is 84.8 Å². The Labute approximate surface area is 189 Å². The molecule has 8 nitrogen and oxygen atoms in total. The van der Waals surface area contributed by atoms with Gasteiger partial charge in [-0.15, -0.1) is 0 Å². The molecular weight excluding hydrogens is 402 g/mol. The van der Waals surface area contributed by atoms with Crippen molar-refractivity contribution >= 4 is 11.6 Å². The van der Waals surface area contributed by atoms with E-state index in [0.717, 1.165) is 79.4 Å². The lowest BCUT2D eigenvalue weighted by molar-refractivity contribution is 0.0904. The van der Waals surface area contributed by atoms with Crippen molar-refractivity contribution in [1.29, 1.82) is 0 Å². The van der Waals surface area contributed by atoms with E-state index in [2.05, 4.69) is 45.3 Å². The molecule has 170 valence electrons. The van der Waals surface area contributed by atoms with Crippen molar-refractivity contribution in [3.8, 4) is 11.1 Å². The first-order chi connectivity index (χ1) is 15.6. The summed E-state index contributed by atoms with van der Waals surface area (Å²) in [7, 11) is 1.76. The van der Waals surface area contributed by atoms with Crippen molar-refractivity contribution in [3.05, 3.63) is 42.1 Å². The maximum absolute atomic E-state index is 6.23. The van der Waals surface area contributed by atoms with Crippen LogP contribution in [0.15, 0.2) is 30.9 Å². The number of piperidine rings is 1. The third kappa shape index (κ3) is 3.87. The van der Waals surface area contributed by atoms with E-state index in [4.69, 9.17) is 20.4 Å². The van der Waals surface area contributed by atoms with Crippen LogP contribution in [0.25, 0.3) is 16.8 Å². The lowest BCUT2D eigenvalue weighted by Crippen LogP contribution is -2.45. The Kier molecular flexibility index (Phi) is 5.84. The molecule has 2 aliphatic rings. The Morgan fingerprint density at radius 1 is 1.19 bits per heavy atom.